The standard InChI is InChI=1S/C25H24N6/c1-3-8-22(9-4-1)26-28-24-12-18-30(19-13-24)16-7-17-31-20-14-25(15-21-31)29-27-23-10-5-2-6-11-23/h1-6,8-15,18-21H,7,16-17H2/q+2. The van der Waals surface area contributed by atoms with Crippen LogP contribution in [0.3, 0.4) is 0 Å². The Morgan fingerprint density at radius 3 is 1.10 bits per heavy atom. The van der Waals surface area contributed by atoms with Crippen LogP contribution in [0.1, 0.15) is 6.42 Å². The summed E-state index contributed by atoms with van der Waals surface area (Å²) in [5.74, 6) is 0. The molecule has 4 aromatic rings. The van der Waals surface area contributed by atoms with E-state index in [9.17, 15) is 0 Å². The summed E-state index contributed by atoms with van der Waals surface area (Å²) in [4.78, 5) is 0. The van der Waals surface area contributed by atoms with Crippen LogP contribution in [0.15, 0.2) is 130 Å². The van der Waals surface area contributed by atoms with Gasteiger partial charge in [-0.2, -0.15) is 20.5 Å². The van der Waals surface area contributed by atoms with E-state index in [1.807, 2.05) is 110 Å². The van der Waals surface area contributed by atoms with E-state index in [0.29, 0.717) is 0 Å². The van der Waals surface area contributed by atoms with Crippen LogP contribution in [-0.4, -0.2) is 0 Å². The quantitative estimate of drug-likeness (QED) is 0.247. The molecular weight excluding hydrogens is 384 g/mol. The minimum atomic E-state index is 0.842. The molecule has 0 fully saturated rings. The van der Waals surface area contributed by atoms with E-state index in [1.54, 1.807) is 0 Å². The van der Waals surface area contributed by atoms with E-state index in [4.69, 9.17) is 0 Å². The normalized spacial score (nSPS) is 11.4. The monoisotopic (exact) mass is 408 g/mol. The maximum absolute atomic E-state index is 4.28. The van der Waals surface area contributed by atoms with Crippen molar-refractivity contribution >= 4 is 22.7 Å². The summed E-state index contributed by atoms with van der Waals surface area (Å²) in [7, 11) is 0. The Kier molecular flexibility index (Phi) is 6.94. The maximum Gasteiger partial charge on any atom is 0.171 e. The summed E-state index contributed by atoms with van der Waals surface area (Å²) < 4.78 is 4.31. The Morgan fingerprint density at radius 2 is 0.742 bits per heavy atom. The van der Waals surface area contributed by atoms with Crippen LogP contribution in [-0.2, 0) is 13.1 Å². The van der Waals surface area contributed by atoms with Gasteiger partial charge in [-0.15, -0.1) is 0 Å². The first-order chi connectivity index (χ1) is 15.3. The van der Waals surface area contributed by atoms with Gasteiger partial charge in [-0.1, -0.05) is 36.4 Å². The van der Waals surface area contributed by atoms with Gasteiger partial charge in [0.05, 0.1) is 29.2 Å². The van der Waals surface area contributed by atoms with Crippen molar-refractivity contribution in [3.05, 3.63) is 110 Å². The van der Waals surface area contributed by atoms with E-state index in [2.05, 4.69) is 29.6 Å². The largest absolute Gasteiger partial charge is 0.205 e. The Hall–Kier alpha value is -4.06. The summed E-state index contributed by atoms with van der Waals surface area (Å²) in [5, 5.41) is 17.0. The molecule has 0 radical (unpaired) electrons. The Labute approximate surface area is 181 Å². The first kappa shape index (κ1) is 20.2. The summed E-state index contributed by atoms with van der Waals surface area (Å²) >= 11 is 0. The zero-order valence-electron chi connectivity index (χ0n) is 17.2. The van der Waals surface area contributed by atoms with E-state index >= 15 is 0 Å². The van der Waals surface area contributed by atoms with Gasteiger partial charge in [-0.05, 0) is 24.3 Å². The first-order valence-electron chi connectivity index (χ1n) is 10.3. The molecule has 6 nitrogen and oxygen atoms in total. The summed E-state index contributed by atoms with van der Waals surface area (Å²) in [6.45, 7) is 1.86. The maximum atomic E-state index is 4.28. The highest BCUT2D eigenvalue weighted by molar-refractivity contribution is 5.38. The van der Waals surface area contributed by atoms with E-state index in [1.165, 1.54) is 0 Å². The lowest BCUT2D eigenvalue weighted by atomic mass is 10.3. The van der Waals surface area contributed by atoms with Gasteiger partial charge in [-0.25, -0.2) is 9.13 Å². The second kappa shape index (κ2) is 10.6. The SMILES string of the molecule is c1ccc(N=Nc2cc[n+](CCC[n+]3ccc(N=Nc4ccccc4)cc3)cc2)cc1. The molecule has 0 saturated heterocycles. The number of hydrogen-bond acceptors (Lipinski definition) is 4. The van der Waals surface area contributed by atoms with Gasteiger partial charge in [-0.3, -0.25) is 0 Å². The third-order valence-corrected chi connectivity index (χ3v) is 4.65. The van der Waals surface area contributed by atoms with Crippen molar-refractivity contribution in [3.63, 3.8) is 0 Å². The second-order valence-corrected chi connectivity index (χ2v) is 7.01. The number of hydrogen-bond donors (Lipinski definition) is 0. The molecule has 0 aliphatic rings. The van der Waals surface area contributed by atoms with Crippen LogP contribution < -0.4 is 9.13 Å². The molecule has 31 heavy (non-hydrogen) atoms. The molecule has 0 saturated carbocycles. The fraction of sp³-hybridized carbons (Fsp3) is 0.120. The molecule has 152 valence electrons. The van der Waals surface area contributed by atoms with Crippen LogP contribution in [0.2, 0.25) is 0 Å². The van der Waals surface area contributed by atoms with Crippen molar-refractivity contribution in [1.29, 1.82) is 0 Å². The average molecular weight is 409 g/mol. The third-order valence-electron chi connectivity index (χ3n) is 4.65. The van der Waals surface area contributed by atoms with E-state index < -0.39 is 0 Å². The number of aryl methyl sites for hydroxylation is 2. The molecule has 2 aromatic heterocycles. The first-order valence-corrected chi connectivity index (χ1v) is 10.3. The number of rotatable bonds is 8. The van der Waals surface area contributed by atoms with E-state index in [-0.39, 0.29) is 0 Å². The lowest BCUT2D eigenvalue weighted by Crippen LogP contribution is -2.38. The van der Waals surface area contributed by atoms with Gasteiger partial charge < -0.3 is 0 Å². The number of azo groups is 2. The highest BCUT2D eigenvalue weighted by atomic mass is 15.1. The molecule has 0 N–H and O–H groups in total. The number of pyridine rings is 2. The predicted octanol–water partition coefficient (Wildman–Crippen LogP) is 6.18. The number of benzene rings is 2. The summed E-state index contributed by atoms with van der Waals surface area (Å²) in [6, 6.07) is 27.4. The Bertz CT molecular complexity index is 1030. The summed E-state index contributed by atoms with van der Waals surface area (Å²) in [6.07, 6.45) is 9.17. The molecule has 0 atom stereocenters. The van der Waals surface area contributed by atoms with Crippen molar-refractivity contribution in [2.45, 2.75) is 19.5 Å². The van der Waals surface area contributed by atoms with Gasteiger partial charge in [0.1, 0.15) is 0 Å². The van der Waals surface area contributed by atoms with Crippen molar-refractivity contribution in [3.8, 4) is 0 Å². The smallest absolute Gasteiger partial charge is 0.171 e. The highest BCUT2D eigenvalue weighted by Crippen LogP contribution is 2.17. The minimum absolute atomic E-state index is 0.842. The van der Waals surface area contributed by atoms with Crippen molar-refractivity contribution in [2.24, 2.45) is 20.5 Å². The highest BCUT2D eigenvalue weighted by Gasteiger charge is 2.05. The second-order valence-electron chi connectivity index (χ2n) is 7.01. The average Bonchev–Trinajstić information content (AvgIpc) is 2.84. The molecule has 2 aromatic carbocycles. The van der Waals surface area contributed by atoms with Crippen LogP contribution in [0.4, 0.5) is 22.7 Å². The van der Waals surface area contributed by atoms with Crippen molar-refractivity contribution in [1.82, 2.24) is 0 Å². The molecule has 0 aliphatic heterocycles. The van der Waals surface area contributed by atoms with Crippen LogP contribution in [0.5, 0.6) is 0 Å². The van der Waals surface area contributed by atoms with Crippen molar-refractivity contribution in [2.75, 3.05) is 0 Å². The topological polar surface area (TPSA) is 57.2 Å². The molecule has 0 aliphatic carbocycles. The lowest BCUT2D eigenvalue weighted by Gasteiger charge is -1.98. The minimum Gasteiger partial charge on any atom is -0.205 e. The molecule has 0 unspecified atom stereocenters. The van der Waals surface area contributed by atoms with Crippen LogP contribution >= 0.6 is 0 Å². The van der Waals surface area contributed by atoms with Gasteiger partial charge >= 0.3 is 0 Å². The lowest BCUT2D eigenvalue weighted by molar-refractivity contribution is -0.726. The van der Waals surface area contributed by atoms with Crippen LogP contribution in [0, 0.1) is 0 Å². The molecule has 0 amide bonds. The molecule has 2 heterocycles. The predicted molar refractivity (Wildman–Crippen MR) is 119 cm³/mol. The molecule has 0 spiro atoms. The van der Waals surface area contributed by atoms with Gasteiger partial charge in [0.2, 0.25) is 0 Å². The fourth-order valence-electron chi connectivity index (χ4n) is 2.99. The fourth-order valence-corrected chi connectivity index (χ4v) is 2.99. The summed E-state index contributed by atoms with van der Waals surface area (Å²) in [5.41, 5.74) is 3.39. The molecule has 6 heteroatoms. The van der Waals surface area contributed by atoms with Gasteiger partial charge in [0, 0.05) is 24.3 Å². The Balaban J connectivity index is 1.24. The molecule has 4 rings (SSSR count). The van der Waals surface area contributed by atoms with Gasteiger partial charge in [0.25, 0.3) is 0 Å². The van der Waals surface area contributed by atoms with Crippen LogP contribution in [0.25, 0.3) is 0 Å². The zero-order chi connectivity index (χ0) is 21.1. The van der Waals surface area contributed by atoms with Gasteiger partial charge in [0.15, 0.2) is 37.9 Å². The molecule has 0 bridgehead atoms. The Morgan fingerprint density at radius 1 is 0.419 bits per heavy atom. The molecular formula is C25H24N6+2. The zero-order valence-corrected chi connectivity index (χ0v) is 17.2. The van der Waals surface area contributed by atoms with Crippen molar-refractivity contribution < 1.29 is 9.13 Å². The number of nitrogens with zero attached hydrogens (tertiary/aromatic N) is 6. The van der Waals surface area contributed by atoms with E-state index in [0.717, 1.165) is 42.3 Å². The number of aromatic nitrogens is 2. The third kappa shape index (κ3) is 6.47.